The zero-order valence-corrected chi connectivity index (χ0v) is 29.4. The van der Waals surface area contributed by atoms with Crippen LogP contribution in [0.2, 0.25) is 0 Å². The van der Waals surface area contributed by atoms with Crippen LogP contribution < -0.4 is 16.0 Å². The van der Waals surface area contributed by atoms with Gasteiger partial charge in [-0.25, -0.2) is 4.79 Å². The van der Waals surface area contributed by atoms with Gasteiger partial charge in [-0.05, 0) is 107 Å². The van der Waals surface area contributed by atoms with E-state index in [4.69, 9.17) is 9.47 Å². The van der Waals surface area contributed by atoms with Gasteiger partial charge in [0.2, 0.25) is 11.8 Å². The second kappa shape index (κ2) is 24.1. The monoisotopic (exact) mass is 626 g/mol. The molecule has 0 rings (SSSR count). The molecule has 0 saturated heterocycles. The Morgan fingerprint density at radius 1 is 0.727 bits per heavy atom. The summed E-state index contributed by atoms with van der Waals surface area (Å²) in [5.41, 5.74) is 1.03. The van der Waals surface area contributed by atoms with Gasteiger partial charge in [0, 0.05) is 25.9 Å². The van der Waals surface area contributed by atoms with Crippen molar-refractivity contribution in [1.82, 2.24) is 16.0 Å². The van der Waals surface area contributed by atoms with Crippen molar-refractivity contribution < 1.29 is 29.0 Å². The molecule has 1 unspecified atom stereocenters. The van der Waals surface area contributed by atoms with Crippen molar-refractivity contribution in [3.05, 3.63) is 11.6 Å². The molecule has 0 aliphatic heterocycles. The first-order valence-electron chi connectivity index (χ1n) is 17.0. The Morgan fingerprint density at radius 2 is 1.30 bits per heavy atom. The Bertz CT molecular complexity index is 825. The molecule has 0 aromatic rings. The number of nitrogens with one attached hydrogen (secondary N) is 3. The first-order valence-corrected chi connectivity index (χ1v) is 17.0. The smallest absolute Gasteiger partial charge is 0.434 e. The van der Waals surface area contributed by atoms with Gasteiger partial charge in [0.1, 0.15) is 6.23 Å². The molecule has 9 nitrogen and oxygen atoms in total. The molecular weight excluding hydrogens is 558 g/mol. The molecule has 4 N–H and O–H groups in total. The number of carbonyl (C=O) groups excluding carboxylic acids is 3. The van der Waals surface area contributed by atoms with E-state index >= 15 is 0 Å². The van der Waals surface area contributed by atoms with Gasteiger partial charge in [-0.15, -0.1) is 0 Å². The Morgan fingerprint density at radius 3 is 1.91 bits per heavy atom. The van der Waals surface area contributed by atoms with Crippen molar-refractivity contribution in [2.24, 2.45) is 16.7 Å². The van der Waals surface area contributed by atoms with Crippen LogP contribution in [0.1, 0.15) is 139 Å². The summed E-state index contributed by atoms with van der Waals surface area (Å²) in [6.45, 7) is 19.6. The molecule has 0 fully saturated rings. The minimum absolute atomic E-state index is 0.0359. The quantitative estimate of drug-likeness (QED) is 0.0352. The lowest BCUT2D eigenvalue weighted by Gasteiger charge is -2.26. The van der Waals surface area contributed by atoms with Gasteiger partial charge in [-0.1, -0.05) is 54.0 Å². The second-order valence-electron chi connectivity index (χ2n) is 14.2. The standard InChI is InChI=1S/C35H67N3O6/c1-9-29(4)32(41)38-24-13-10-12-17-30(39)36-22-14-11-15-23-37-31(40)18-20-34(5,6)21-26-44-33(42)43-25-16-19-35(7,8)27-28(2)3/h9,28,32,38,41H,10-27H2,1-8H3,(H,36,39)(H,37,40). The van der Waals surface area contributed by atoms with Crippen molar-refractivity contribution in [3.8, 4) is 0 Å². The molecule has 0 aromatic carbocycles. The van der Waals surface area contributed by atoms with Crippen LogP contribution in [0.25, 0.3) is 0 Å². The van der Waals surface area contributed by atoms with E-state index in [-0.39, 0.29) is 29.3 Å². The molecule has 44 heavy (non-hydrogen) atoms. The largest absolute Gasteiger partial charge is 0.508 e. The maximum atomic E-state index is 12.3. The van der Waals surface area contributed by atoms with E-state index in [0.717, 1.165) is 69.9 Å². The molecule has 0 aliphatic rings. The number of rotatable bonds is 26. The van der Waals surface area contributed by atoms with Crippen LogP contribution in [0.15, 0.2) is 11.6 Å². The highest BCUT2D eigenvalue weighted by atomic mass is 16.7. The van der Waals surface area contributed by atoms with Crippen molar-refractivity contribution in [3.63, 3.8) is 0 Å². The molecule has 258 valence electrons. The summed E-state index contributed by atoms with van der Waals surface area (Å²) < 4.78 is 10.5. The number of ether oxygens (including phenoxy) is 2. The molecular formula is C35H67N3O6. The number of hydrogen-bond donors (Lipinski definition) is 4. The zero-order chi connectivity index (χ0) is 33.4. The van der Waals surface area contributed by atoms with E-state index < -0.39 is 12.4 Å². The third-order valence-electron chi connectivity index (χ3n) is 8.01. The fourth-order valence-corrected chi connectivity index (χ4v) is 5.15. The lowest BCUT2D eigenvalue weighted by Crippen LogP contribution is -2.30. The summed E-state index contributed by atoms with van der Waals surface area (Å²) in [7, 11) is 0. The molecule has 9 heteroatoms. The lowest BCUT2D eigenvalue weighted by atomic mass is 9.80. The SMILES string of the molecule is CC=C(C)C(O)NCCCCCC(=O)NCCCCCNC(=O)CCC(C)(C)CCOC(=O)OCCCC(C)(C)CC(C)C. The Balaban J connectivity index is 3.75. The van der Waals surface area contributed by atoms with Crippen molar-refractivity contribution in [2.75, 3.05) is 32.8 Å². The highest BCUT2D eigenvalue weighted by Gasteiger charge is 2.21. The van der Waals surface area contributed by atoms with Gasteiger partial charge >= 0.3 is 6.16 Å². The van der Waals surface area contributed by atoms with E-state index in [1.807, 2.05) is 19.9 Å². The average Bonchev–Trinajstić information content (AvgIpc) is 2.94. The topological polar surface area (TPSA) is 126 Å². The zero-order valence-electron chi connectivity index (χ0n) is 29.4. The summed E-state index contributed by atoms with van der Waals surface area (Å²) >= 11 is 0. The van der Waals surface area contributed by atoms with Crippen molar-refractivity contribution in [1.29, 1.82) is 0 Å². The van der Waals surface area contributed by atoms with Gasteiger partial charge < -0.3 is 25.2 Å². The minimum Gasteiger partial charge on any atom is -0.434 e. The number of aliphatic hydroxyl groups excluding tert-OH is 1. The number of carbonyl (C=O) groups is 3. The molecule has 0 spiro atoms. The van der Waals surface area contributed by atoms with Gasteiger partial charge in [0.25, 0.3) is 0 Å². The number of aliphatic hydroxyl groups is 1. The Kier molecular flexibility index (Phi) is 23.0. The van der Waals surface area contributed by atoms with E-state index in [1.54, 1.807) is 0 Å². The first-order chi connectivity index (χ1) is 20.7. The molecule has 0 heterocycles. The maximum absolute atomic E-state index is 12.3. The molecule has 0 aliphatic carbocycles. The highest BCUT2D eigenvalue weighted by molar-refractivity contribution is 5.76. The van der Waals surface area contributed by atoms with Gasteiger partial charge in [-0.2, -0.15) is 0 Å². The molecule has 0 saturated carbocycles. The van der Waals surface area contributed by atoms with E-state index in [2.05, 4.69) is 57.5 Å². The predicted molar refractivity (Wildman–Crippen MR) is 179 cm³/mol. The normalized spacial score (nSPS) is 13.1. The number of hydrogen-bond acceptors (Lipinski definition) is 7. The number of allylic oxidation sites excluding steroid dienone is 1. The summed E-state index contributed by atoms with van der Waals surface area (Å²) in [4.78, 5) is 36.2. The van der Waals surface area contributed by atoms with Crippen molar-refractivity contribution in [2.45, 2.75) is 145 Å². The highest BCUT2D eigenvalue weighted by Crippen LogP contribution is 2.30. The fraction of sp³-hybridized carbons (Fsp3) is 0.857. The van der Waals surface area contributed by atoms with Crippen LogP contribution in [0, 0.1) is 16.7 Å². The maximum Gasteiger partial charge on any atom is 0.508 e. The van der Waals surface area contributed by atoms with Crippen LogP contribution in [-0.4, -0.2) is 62.2 Å². The molecule has 2 amide bonds. The fourth-order valence-electron chi connectivity index (χ4n) is 5.15. The van der Waals surface area contributed by atoms with Gasteiger partial charge in [0.15, 0.2) is 0 Å². The predicted octanol–water partition coefficient (Wildman–Crippen LogP) is 7.03. The molecule has 0 bridgehead atoms. The van der Waals surface area contributed by atoms with Gasteiger partial charge in [0.05, 0.1) is 13.2 Å². The number of unbranched alkanes of at least 4 members (excludes halogenated alkanes) is 4. The van der Waals surface area contributed by atoms with Crippen LogP contribution in [0.5, 0.6) is 0 Å². The second-order valence-corrected chi connectivity index (χ2v) is 14.2. The van der Waals surface area contributed by atoms with E-state index in [0.29, 0.717) is 51.3 Å². The molecule has 0 radical (unpaired) electrons. The van der Waals surface area contributed by atoms with Crippen LogP contribution >= 0.6 is 0 Å². The Labute approximate surface area is 269 Å². The summed E-state index contributed by atoms with van der Waals surface area (Å²) in [6, 6.07) is 0. The summed E-state index contributed by atoms with van der Waals surface area (Å²) in [5, 5.41) is 18.8. The number of amides is 2. The van der Waals surface area contributed by atoms with E-state index in [1.165, 1.54) is 0 Å². The van der Waals surface area contributed by atoms with Crippen LogP contribution in [0.3, 0.4) is 0 Å². The first kappa shape index (κ1) is 41.9. The summed E-state index contributed by atoms with van der Waals surface area (Å²) in [5.74, 6) is 0.768. The lowest BCUT2D eigenvalue weighted by molar-refractivity contribution is -0.122. The molecule has 1 atom stereocenters. The van der Waals surface area contributed by atoms with Gasteiger partial charge in [-0.3, -0.25) is 14.9 Å². The third-order valence-corrected chi connectivity index (χ3v) is 8.01. The summed E-state index contributed by atoms with van der Waals surface area (Å²) in [6.07, 6.45) is 11.4. The van der Waals surface area contributed by atoms with Crippen molar-refractivity contribution >= 4 is 18.0 Å². The minimum atomic E-state index is -0.614. The van der Waals surface area contributed by atoms with Crippen LogP contribution in [0.4, 0.5) is 4.79 Å². The molecule has 0 aromatic heterocycles. The average molecular weight is 626 g/mol. The van der Waals surface area contributed by atoms with Crippen LogP contribution in [-0.2, 0) is 19.1 Å². The van der Waals surface area contributed by atoms with E-state index in [9.17, 15) is 19.5 Å². The third kappa shape index (κ3) is 25.2. The Hall–Kier alpha value is -2.13.